The number of rotatable bonds is 3. The Kier molecular flexibility index (Phi) is 3.98. The van der Waals surface area contributed by atoms with E-state index >= 15 is 0 Å². The molecular weight excluding hydrogens is 270 g/mol. The highest BCUT2D eigenvalue weighted by molar-refractivity contribution is 8.00. The quantitative estimate of drug-likeness (QED) is 0.894. The molecule has 3 rings (SSSR count). The molecule has 1 saturated heterocycles. The lowest BCUT2D eigenvalue weighted by Gasteiger charge is -2.40. The molecule has 108 valence electrons. The summed E-state index contributed by atoms with van der Waals surface area (Å²) >= 11 is 1.83. The summed E-state index contributed by atoms with van der Waals surface area (Å²) < 4.78 is 0. The Morgan fingerprint density at radius 3 is 2.80 bits per heavy atom. The van der Waals surface area contributed by atoms with Crippen LogP contribution in [0.4, 0.5) is 0 Å². The first-order valence-corrected chi connectivity index (χ1v) is 8.32. The van der Waals surface area contributed by atoms with E-state index in [0.717, 1.165) is 5.75 Å². The van der Waals surface area contributed by atoms with E-state index in [-0.39, 0.29) is 16.8 Å². The van der Waals surface area contributed by atoms with Gasteiger partial charge < -0.3 is 5.73 Å². The number of thioether (sulfide) groups is 1. The van der Waals surface area contributed by atoms with E-state index in [1.807, 2.05) is 24.0 Å². The Hall–Kier alpha value is -1.07. The topological polar surface area (TPSA) is 68.0 Å². The van der Waals surface area contributed by atoms with Gasteiger partial charge in [-0.25, -0.2) is 0 Å². The van der Waals surface area contributed by atoms with Crippen LogP contribution in [0.3, 0.4) is 0 Å². The maximum atomic E-state index is 11.5. The molecule has 1 amide bonds. The van der Waals surface area contributed by atoms with Crippen molar-refractivity contribution >= 4 is 17.7 Å². The highest BCUT2D eigenvalue weighted by Crippen LogP contribution is 2.50. The number of nitrogens with one attached hydrogen (secondary N) is 1. The third-order valence-electron chi connectivity index (χ3n) is 4.48. The van der Waals surface area contributed by atoms with E-state index in [0.29, 0.717) is 5.92 Å². The number of primary amides is 1. The standard InChI is InChI=1S/C15H21N3OS/c16-14(19)13-10-20-15(18-13,11-5-2-1-3-6-11)12-7-4-8-17-9-12/h4,7-9,11,13,18H,1-3,5-6,10H2,(H2,16,19). The lowest BCUT2D eigenvalue weighted by atomic mass is 9.80. The minimum atomic E-state index is -0.251. The predicted molar refractivity (Wildman–Crippen MR) is 81.1 cm³/mol. The van der Waals surface area contributed by atoms with Gasteiger partial charge in [0.15, 0.2) is 0 Å². The highest BCUT2D eigenvalue weighted by atomic mass is 32.2. The number of hydrogen-bond donors (Lipinski definition) is 2. The molecule has 4 nitrogen and oxygen atoms in total. The van der Waals surface area contributed by atoms with Crippen LogP contribution in [0.15, 0.2) is 24.5 Å². The smallest absolute Gasteiger partial charge is 0.235 e. The molecule has 1 aromatic heterocycles. The third-order valence-corrected chi connectivity index (χ3v) is 6.12. The second-order valence-electron chi connectivity index (χ2n) is 5.72. The Bertz CT molecular complexity index is 475. The summed E-state index contributed by atoms with van der Waals surface area (Å²) in [5.41, 5.74) is 6.68. The van der Waals surface area contributed by atoms with Crippen LogP contribution in [0.25, 0.3) is 0 Å². The molecule has 1 aliphatic heterocycles. The molecule has 2 heterocycles. The van der Waals surface area contributed by atoms with Gasteiger partial charge in [-0.05, 0) is 24.8 Å². The van der Waals surface area contributed by atoms with Gasteiger partial charge in [-0.2, -0.15) is 0 Å². The number of carbonyl (C=O) groups excluding carboxylic acids is 1. The molecule has 5 heteroatoms. The number of nitrogens with two attached hydrogens (primary N) is 1. The lowest BCUT2D eigenvalue weighted by molar-refractivity contribution is -0.119. The van der Waals surface area contributed by atoms with E-state index in [4.69, 9.17) is 5.73 Å². The molecule has 20 heavy (non-hydrogen) atoms. The fourth-order valence-corrected chi connectivity index (χ4v) is 5.10. The number of nitrogens with zero attached hydrogens (tertiary/aromatic N) is 1. The second kappa shape index (κ2) is 5.74. The first kappa shape index (κ1) is 13.9. The van der Waals surface area contributed by atoms with Crippen molar-refractivity contribution in [3.05, 3.63) is 30.1 Å². The van der Waals surface area contributed by atoms with Gasteiger partial charge in [0.1, 0.15) is 0 Å². The number of pyridine rings is 1. The Balaban J connectivity index is 1.93. The van der Waals surface area contributed by atoms with E-state index < -0.39 is 0 Å². The van der Waals surface area contributed by atoms with Crippen molar-refractivity contribution in [1.82, 2.24) is 10.3 Å². The van der Waals surface area contributed by atoms with Gasteiger partial charge in [0.2, 0.25) is 5.91 Å². The Morgan fingerprint density at radius 1 is 1.40 bits per heavy atom. The molecule has 2 fully saturated rings. The average molecular weight is 291 g/mol. The third kappa shape index (κ3) is 2.44. The zero-order chi connectivity index (χ0) is 14.0. The van der Waals surface area contributed by atoms with Gasteiger partial charge >= 0.3 is 0 Å². The molecule has 3 N–H and O–H groups in total. The number of carbonyl (C=O) groups is 1. The molecule has 0 aromatic carbocycles. The van der Waals surface area contributed by atoms with Gasteiger partial charge in [-0.3, -0.25) is 15.1 Å². The van der Waals surface area contributed by atoms with Gasteiger partial charge in [0, 0.05) is 23.7 Å². The largest absolute Gasteiger partial charge is 0.368 e. The van der Waals surface area contributed by atoms with Crippen LogP contribution < -0.4 is 11.1 Å². The zero-order valence-corrected chi connectivity index (χ0v) is 12.4. The molecule has 0 bridgehead atoms. The molecule has 0 spiro atoms. The fourth-order valence-electron chi connectivity index (χ4n) is 3.44. The van der Waals surface area contributed by atoms with Crippen molar-refractivity contribution in [3.63, 3.8) is 0 Å². The lowest BCUT2D eigenvalue weighted by Crippen LogP contribution is -2.49. The molecule has 1 saturated carbocycles. The van der Waals surface area contributed by atoms with Crippen LogP contribution in [0.1, 0.15) is 37.7 Å². The molecule has 1 aliphatic carbocycles. The van der Waals surface area contributed by atoms with Crippen LogP contribution in [0.5, 0.6) is 0 Å². The summed E-state index contributed by atoms with van der Waals surface area (Å²) in [6.07, 6.45) is 10.0. The summed E-state index contributed by atoms with van der Waals surface area (Å²) in [7, 11) is 0. The maximum absolute atomic E-state index is 11.5. The van der Waals surface area contributed by atoms with Gasteiger partial charge in [-0.15, -0.1) is 11.8 Å². The number of hydrogen-bond acceptors (Lipinski definition) is 4. The molecule has 0 radical (unpaired) electrons. The van der Waals surface area contributed by atoms with Crippen molar-refractivity contribution in [3.8, 4) is 0 Å². The van der Waals surface area contributed by atoms with E-state index in [2.05, 4.69) is 16.4 Å². The average Bonchev–Trinajstić information content (AvgIpc) is 2.96. The molecule has 2 aliphatic rings. The second-order valence-corrected chi connectivity index (χ2v) is 6.99. The molecular formula is C15H21N3OS. The van der Waals surface area contributed by atoms with E-state index in [9.17, 15) is 4.79 Å². The summed E-state index contributed by atoms with van der Waals surface area (Å²) in [5, 5.41) is 3.54. The van der Waals surface area contributed by atoms with Gasteiger partial charge in [0.25, 0.3) is 0 Å². The van der Waals surface area contributed by atoms with Crippen molar-refractivity contribution in [1.29, 1.82) is 0 Å². The zero-order valence-electron chi connectivity index (χ0n) is 11.5. The van der Waals surface area contributed by atoms with Crippen LogP contribution in [-0.2, 0) is 9.67 Å². The summed E-state index contributed by atoms with van der Waals surface area (Å²) in [4.78, 5) is 15.6. The van der Waals surface area contributed by atoms with Crippen molar-refractivity contribution in [2.45, 2.75) is 43.0 Å². The Morgan fingerprint density at radius 2 is 2.20 bits per heavy atom. The van der Waals surface area contributed by atoms with Crippen LogP contribution >= 0.6 is 11.8 Å². The molecule has 2 atom stereocenters. The maximum Gasteiger partial charge on any atom is 0.235 e. The van der Waals surface area contributed by atoms with E-state index in [1.165, 1.54) is 37.7 Å². The number of aromatic nitrogens is 1. The fraction of sp³-hybridized carbons (Fsp3) is 0.600. The first-order valence-electron chi connectivity index (χ1n) is 7.34. The molecule has 1 aromatic rings. The van der Waals surface area contributed by atoms with Crippen LogP contribution in [-0.4, -0.2) is 22.7 Å². The van der Waals surface area contributed by atoms with Gasteiger partial charge in [-0.1, -0.05) is 25.3 Å². The minimum absolute atomic E-state index is 0.186. The Labute approximate surface area is 123 Å². The first-order chi connectivity index (χ1) is 9.72. The summed E-state index contributed by atoms with van der Waals surface area (Å²) in [6, 6.07) is 3.85. The van der Waals surface area contributed by atoms with Crippen LogP contribution in [0.2, 0.25) is 0 Å². The predicted octanol–water partition coefficient (Wildman–Crippen LogP) is 2.00. The summed E-state index contributed by atoms with van der Waals surface area (Å²) in [5.74, 6) is 1.05. The van der Waals surface area contributed by atoms with Crippen molar-refractivity contribution in [2.75, 3.05) is 5.75 Å². The van der Waals surface area contributed by atoms with E-state index in [1.54, 1.807) is 6.20 Å². The minimum Gasteiger partial charge on any atom is -0.368 e. The van der Waals surface area contributed by atoms with Gasteiger partial charge in [0.05, 0.1) is 10.9 Å². The van der Waals surface area contributed by atoms with Crippen molar-refractivity contribution in [2.24, 2.45) is 11.7 Å². The highest BCUT2D eigenvalue weighted by Gasteiger charge is 2.48. The monoisotopic (exact) mass is 291 g/mol. The SMILES string of the molecule is NC(=O)C1CSC(c2cccnc2)(C2CCCCC2)N1. The van der Waals surface area contributed by atoms with Crippen LogP contribution in [0, 0.1) is 5.92 Å². The molecule has 2 unspecified atom stereocenters. The van der Waals surface area contributed by atoms with Crippen molar-refractivity contribution < 1.29 is 4.79 Å². The number of amides is 1. The summed E-state index contributed by atoms with van der Waals surface area (Å²) in [6.45, 7) is 0. The normalized spacial score (nSPS) is 31.3.